The first-order valence-electron chi connectivity index (χ1n) is 10.6. The van der Waals surface area contributed by atoms with Crippen LogP contribution < -0.4 is 5.32 Å². The third kappa shape index (κ3) is 4.79. The Morgan fingerprint density at radius 2 is 1.88 bits per heavy atom. The second-order valence-electron chi connectivity index (χ2n) is 8.14. The molecule has 0 amide bonds. The van der Waals surface area contributed by atoms with Crippen LogP contribution in [-0.2, 0) is 16.9 Å². The van der Waals surface area contributed by atoms with Gasteiger partial charge in [0.05, 0.1) is 23.3 Å². The van der Waals surface area contributed by atoms with Crippen LogP contribution in [0.3, 0.4) is 0 Å². The molecule has 4 heterocycles. The molecule has 0 radical (unpaired) electrons. The highest BCUT2D eigenvalue weighted by molar-refractivity contribution is 7.91. The van der Waals surface area contributed by atoms with Gasteiger partial charge in [0, 0.05) is 36.6 Å². The van der Waals surface area contributed by atoms with Gasteiger partial charge in [-0.15, -0.1) is 10.2 Å². The Morgan fingerprint density at radius 3 is 2.58 bits per heavy atom. The van der Waals surface area contributed by atoms with Crippen molar-refractivity contribution in [2.24, 2.45) is 7.05 Å². The molecule has 1 saturated heterocycles. The molecule has 3 aromatic heterocycles. The van der Waals surface area contributed by atoms with E-state index in [1.807, 2.05) is 50.6 Å². The van der Waals surface area contributed by atoms with E-state index in [9.17, 15) is 8.42 Å². The normalized spacial score (nSPS) is 16.1. The Bertz CT molecular complexity index is 1400. The van der Waals surface area contributed by atoms with Crippen molar-refractivity contribution < 1.29 is 8.42 Å². The SMILES string of the molecule is Cc1nnc(-c2cnc(-c3cccc(-c4cnn(C)c4)c3)nc2NC2CCS(=O)(=O)CC2)s1. The summed E-state index contributed by atoms with van der Waals surface area (Å²) < 4.78 is 25.5. The van der Waals surface area contributed by atoms with Gasteiger partial charge >= 0.3 is 0 Å². The highest BCUT2D eigenvalue weighted by Crippen LogP contribution is 2.32. The third-order valence-corrected chi connectivity index (χ3v) is 8.19. The maximum absolute atomic E-state index is 11.9. The maximum atomic E-state index is 11.9. The summed E-state index contributed by atoms with van der Waals surface area (Å²) in [7, 11) is -1.06. The van der Waals surface area contributed by atoms with E-state index in [1.54, 1.807) is 10.9 Å². The lowest BCUT2D eigenvalue weighted by Crippen LogP contribution is -2.32. The zero-order valence-corrected chi connectivity index (χ0v) is 19.9. The van der Waals surface area contributed by atoms with Crippen molar-refractivity contribution in [3.63, 3.8) is 0 Å². The molecular formula is C22H23N7O2S2. The van der Waals surface area contributed by atoms with Crippen LogP contribution >= 0.6 is 11.3 Å². The van der Waals surface area contributed by atoms with Gasteiger partial charge in [0.15, 0.2) is 10.8 Å². The summed E-state index contributed by atoms with van der Waals surface area (Å²) in [4.78, 5) is 9.47. The van der Waals surface area contributed by atoms with Crippen molar-refractivity contribution in [1.82, 2.24) is 29.9 Å². The fraction of sp³-hybridized carbons (Fsp3) is 0.318. The van der Waals surface area contributed by atoms with Crippen LogP contribution in [-0.4, -0.2) is 55.9 Å². The van der Waals surface area contributed by atoms with Crippen molar-refractivity contribution in [2.75, 3.05) is 16.8 Å². The van der Waals surface area contributed by atoms with Gasteiger partial charge in [-0.25, -0.2) is 18.4 Å². The van der Waals surface area contributed by atoms with Crippen molar-refractivity contribution in [3.05, 3.63) is 47.9 Å². The summed E-state index contributed by atoms with van der Waals surface area (Å²) in [6, 6.07) is 8.03. The number of hydrogen-bond donors (Lipinski definition) is 1. The van der Waals surface area contributed by atoms with Crippen LogP contribution in [0.2, 0.25) is 0 Å². The summed E-state index contributed by atoms with van der Waals surface area (Å²) in [5, 5.41) is 17.7. The number of aryl methyl sites for hydroxylation is 2. The number of hydrogen-bond acceptors (Lipinski definition) is 9. The fourth-order valence-electron chi connectivity index (χ4n) is 3.83. The van der Waals surface area contributed by atoms with Crippen molar-refractivity contribution in [1.29, 1.82) is 0 Å². The molecule has 0 saturated carbocycles. The molecule has 1 aromatic carbocycles. The maximum Gasteiger partial charge on any atom is 0.161 e. The molecule has 5 rings (SSSR count). The van der Waals surface area contributed by atoms with Crippen molar-refractivity contribution in [2.45, 2.75) is 25.8 Å². The minimum absolute atomic E-state index is 0.0192. The van der Waals surface area contributed by atoms with Crippen molar-refractivity contribution in [3.8, 4) is 33.1 Å². The largest absolute Gasteiger partial charge is 0.367 e. The highest BCUT2D eigenvalue weighted by Gasteiger charge is 2.25. The molecule has 0 bridgehead atoms. The number of rotatable bonds is 5. The van der Waals surface area contributed by atoms with E-state index in [1.165, 1.54) is 11.3 Å². The molecule has 11 heteroatoms. The van der Waals surface area contributed by atoms with Gasteiger partial charge in [-0.2, -0.15) is 5.10 Å². The minimum atomic E-state index is -2.95. The summed E-state index contributed by atoms with van der Waals surface area (Å²) in [6.45, 7) is 1.90. The van der Waals surface area contributed by atoms with E-state index in [2.05, 4.69) is 25.6 Å². The Hall–Kier alpha value is -3.18. The monoisotopic (exact) mass is 481 g/mol. The Balaban J connectivity index is 1.51. The highest BCUT2D eigenvalue weighted by atomic mass is 32.2. The molecule has 4 aromatic rings. The number of anilines is 1. The molecular weight excluding hydrogens is 458 g/mol. The van der Waals surface area contributed by atoms with E-state index in [4.69, 9.17) is 4.98 Å². The first-order valence-corrected chi connectivity index (χ1v) is 13.2. The molecule has 1 fully saturated rings. The lowest BCUT2D eigenvalue weighted by Gasteiger charge is -2.24. The molecule has 0 unspecified atom stereocenters. The number of benzene rings is 1. The van der Waals surface area contributed by atoms with Crippen LogP contribution in [0.1, 0.15) is 17.8 Å². The van der Waals surface area contributed by atoms with Crippen LogP contribution in [0, 0.1) is 6.92 Å². The lowest BCUT2D eigenvalue weighted by atomic mass is 10.1. The second kappa shape index (κ2) is 8.64. The molecule has 170 valence electrons. The van der Waals surface area contributed by atoms with Gasteiger partial charge in [-0.3, -0.25) is 4.68 Å². The number of nitrogens with zero attached hydrogens (tertiary/aromatic N) is 6. The molecule has 0 aliphatic carbocycles. The predicted molar refractivity (Wildman–Crippen MR) is 129 cm³/mol. The van der Waals surface area contributed by atoms with E-state index in [0.29, 0.717) is 24.5 Å². The first kappa shape index (κ1) is 21.7. The average Bonchev–Trinajstić information content (AvgIpc) is 3.43. The fourth-order valence-corrected chi connectivity index (χ4v) is 6.02. The van der Waals surface area contributed by atoms with E-state index in [-0.39, 0.29) is 17.5 Å². The Morgan fingerprint density at radius 1 is 1.09 bits per heavy atom. The first-order chi connectivity index (χ1) is 15.9. The molecule has 1 aliphatic heterocycles. The quantitative estimate of drug-likeness (QED) is 0.461. The van der Waals surface area contributed by atoms with Gasteiger partial charge in [0.1, 0.15) is 20.7 Å². The zero-order chi connectivity index (χ0) is 23.0. The summed E-state index contributed by atoms with van der Waals surface area (Å²) in [5.41, 5.74) is 3.69. The van der Waals surface area contributed by atoms with Gasteiger partial charge in [0.25, 0.3) is 0 Å². The van der Waals surface area contributed by atoms with Gasteiger partial charge in [-0.1, -0.05) is 29.5 Å². The van der Waals surface area contributed by atoms with Crippen LogP contribution in [0.4, 0.5) is 5.82 Å². The van der Waals surface area contributed by atoms with Gasteiger partial charge in [0.2, 0.25) is 0 Å². The minimum Gasteiger partial charge on any atom is -0.367 e. The number of nitrogens with one attached hydrogen (secondary N) is 1. The van der Waals surface area contributed by atoms with Crippen LogP contribution in [0.25, 0.3) is 33.1 Å². The summed E-state index contributed by atoms with van der Waals surface area (Å²) in [5.74, 6) is 1.59. The standard InChI is InChI=1S/C22H23N7O2S2/c1-14-27-28-22(32-14)19-12-23-20(26-21(19)25-18-6-8-33(30,31)9-7-18)16-5-3-4-15(10-16)17-11-24-29(2)13-17/h3-5,10-13,18H,6-9H2,1-2H3,(H,23,25,26). The molecule has 1 aliphatic rings. The Labute approximate surface area is 195 Å². The second-order valence-corrected chi connectivity index (χ2v) is 11.6. The van der Waals surface area contributed by atoms with Crippen LogP contribution in [0.15, 0.2) is 42.9 Å². The topological polar surface area (TPSA) is 116 Å². The zero-order valence-electron chi connectivity index (χ0n) is 18.3. The van der Waals surface area contributed by atoms with E-state index < -0.39 is 9.84 Å². The molecule has 33 heavy (non-hydrogen) atoms. The van der Waals surface area contributed by atoms with Gasteiger partial charge in [-0.05, 0) is 31.4 Å². The summed E-state index contributed by atoms with van der Waals surface area (Å²) >= 11 is 1.47. The van der Waals surface area contributed by atoms with E-state index >= 15 is 0 Å². The lowest BCUT2D eigenvalue weighted by molar-refractivity contribution is 0.559. The molecule has 1 N–H and O–H groups in total. The van der Waals surface area contributed by atoms with Gasteiger partial charge < -0.3 is 5.32 Å². The average molecular weight is 482 g/mol. The Kier molecular flexibility index (Phi) is 5.67. The third-order valence-electron chi connectivity index (χ3n) is 5.60. The molecule has 0 atom stereocenters. The summed E-state index contributed by atoms with van der Waals surface area (Å²) in [6.07, 6.45) is 6.65. The number of aromatic nitrogens is 6. The molecule has 0 spiro atoms. The van der Waals surface area contributed by atoms with Crippen molar-refractivity contribution >= 4 is 27.0 Å². The van der Waals surface area contributed by atoms with Crippen LogP contribution in [0.5, 0.6) is 0 Å². The predicted octanol–water partition coefficient (Wildman–Crippen LogP) is 3.36. The molecule has 9 nitrogen and oxygen atoms in total. The van der Waals surface area contributed by atoms with E-state index in [0.717, 1.165) is 32.3 Å². The smallest absolute Gasteiger partial charge is 0.161 e. The number of sulfone groups is 1.